The summed E-state index contributed by atoms with van der Waals surface area (Å²) in [5.74, 6) is 0.858. The average molecular weight is 567 g/mol. The predicted molar refractivity (Wildman–Crippen MR) is 172 cm³/mol. The summed E-state index contributed by atoms with van der Waals surface area (Å²) in [4.78, 5) is 13.6. The molecule has 3 aromatic carbocycles. The van der Waals surface area contributed by atoms with E-state index in [1.165, 1.54) is 79.0 Å². The van der Waals surface area contributed by atoms with Gasteiger partial charge in [-0.15, -0.1) is 0 Å². The van der Waals surface area contributed by atoms with E-state index in [1.807, 2.05) is 18.2 Å². The second-order valence-corrected chi connectivity index (χ2v) is 12.9. The third-order valence-electron chi connectivity index (χ3n) is 9.46. The van der Waals surface area contributed by atoms with Crippen molar-refractivity contribution < 1.29 is 4.79 Å². The van der Waals surface area contributed by atoms with Gasteiger partial charge in [-0.2, -0.15) is 0 Å². The van der Waals surface area contributed by atoms with Crippen molar-refractivity contribution in [1.29, 1.82) is 0 Å². The van der Waals surface area contributed by atoms with E-state index in [4.69, 9.17) is 11.6 Å². The smallest absolute Gasteiger partial charge is 0.221 e. The van der Waals surface area contributed by atoms with Crippen molar-refractivity contribution in [3.05, 3.63) is 94.6 Å². The zero-order chi connectivity index (χ0) is 28.2. The fraction of sp³-hybridized carbons (Fsp3) is 0.432. The number of fused-ring (bicyclic) bond motifs is 1. The highest BCUT2D eigenvalue weighted by atomic mass is 35.5. The molecule has 1 N–H and O–H groups in total. The van der Waals surface area contributed by atoms with E-state index in [1.54, 1.807) is 0 Å². The van der Waals surface area contributed by atoms with Crippen LogP contribution in [0.4, 0.5) is 0 Å². The second kappa shape index (κ2) is 12.9. The fourth-order valence-electron chi connectivity index (χ4n) is 7.28. The van der Waals surface area contributed by atoms with Gasteiger partial charge in [0, 0.05) is 52.6 Å². The maximum atomic E-state index is 13.6. The summed E-state index contributed by atoms with van der Waals surface area (Å²) in [5.41, 5.74) is 7.10. The first-order valence-electron chi connectivity index (χ1n) is 15.8. The van der Waals surface area contributed by atoms with Crippen molar-refractivity contribution in [1.82, 2.24) is 9.88 Å². The SMILES string of the molecule is Cc1cccc(C(CC(=O)NC2CCCCC2)c2cn(CC3CCCCC3)c3ccc(-c4ccccc4Cl)cc23)c1. The average Bonchev–Trinajstić information content (AvgIpc) is 3.34. The summed E-state index contributed by atoms with van der Waals surface area (Å²) >= 11 is 6.66. The standard InChI is InChI=1S/C37H43ClN2O/c1-26-11-10-14-28(21-26)32(23-37(41)39-30-15-6-3-7-16-30)34-25-40(24-27-12-4-2-5-13-27)36-20-19-29(22-33(34)36)31-17-8-9-18-35(31)38/h8-11,14,17-22,25,27,30,32H,2-7,12-13,15-16,23-24H2,1H3,(H,39,41). The molecule has 41 heavy (non-hydrogen) atoms. The first-order valence-corrected chi connectivity index (χ1v) is 16.2. The zero-order valence-corrected chi connectivity index (χ0v) is 25.1. The molecule has 1 aromatic heterocycles. The Morgan fingerprint density at radius 2 is 1.66 bits per heavy atom. The maximum absolute atomic E-state index is 13.6. The van der Waals surface area contributed by atoms with E-state index in [2.05, 4.69) is 71.5 Å². The summed E-state index contributed by atoms with van der Waals surface area (Å²) in [6, 6.07) is 23.9. The van der Waals surface area contributed by atoms with Crippen LogP contribution in [0, 0.1) is 12.8 Å². The molecule has 1 unspecified atom stereocenters. The zero-order valence-electron chi connectivity index (χ0n) is 24.4. The van der Waals surface area contributed by atoms with Gasteiger partial charge in [0.2, 0.25) is 5.91 Å². The number of nitrogens with zero attached hydrogens (tertiary/aromatic N) is 1. The second-order valence-electron chi connectivity index (χ2n) is 12.5. The normalized spacial score (nSPS) is 17.5. The molecule has 6 rings (SSSR count). The Labute approximate surface area is 250 Å². The molecular formula is C37H43ClN2O. The Hall–Kier alpha value is -3.04. The maximum Gasteiger partial charge on any atom is 0.221 e. The third-order valence-corrected chi connectivity index (χ3v) is 9.79. The largest absolute Gasteiger partial charge is 0.353 e. The molecular weight excluding hydrogens is 524 g/mol. The highest BCUT2D eigenvalue weighted by Crippen LogP contribution is 2.39. The van der Waals surface area contributed by atoms with Gasteiger partial charge in [0.1, 0.15) is 0 Å². The summed E-state index contributed by atoms with van der Waals surface area (Å²) in [6.45, 7) is 3.18. The number of aromatic nitrogens is 1. The van der Waals surface area contributed by atoms with Crippen LogP contribution in [0.2, 0.25) is 5.02 Å². The van der Waals surface area contributed by atoms with Gasteiger partial charge >= 0.3 is 0 Å². The molecule has 1 heterocycles. The Balaban J connectivity index is 1.43. The van der Waals surface area contributed by atoms with Crippen molar-refractivity contribution >= 4 is 28.4 Å². The molecule has 2 saturated carbocycles. The Kier molecular flexibility index (Phi) is 8.81. The van der Waals surface area contributed by atoms with Crippen molar-refractivity contribution in [3.63, 3.8) is 0 Å². The van der Waals surface area contributed by atoms with Crippen LogP contribution in [-0.2, 0) is 11.3 Å². The van der Waals surface area contributed by atoms with Crippen LogP contribution >= 0.6 is 11.6 Å². The van der Waals surface area contributed by atoms with Crippen LogP contribution in [0.5, 0.6) is 0 Å². The summed E-state index contributed by atoms with van der Waals surface area (Å²) in [5, 5.41) is 5.40. The van der Waals surface area contributed by atoms with Crippen LogP contribution in [0.1, 0.15) is 93.2 Å². The number of amides is 1. The Bertz CT molecular complexity index is 1490. The van der Waals surface area contributed by atoms with E-state index in [0.717, 1.165) is 35.5 Å². The molecule has 2 aliphatic carbocycles. The highest BCUT2D eigenvalue weighted by Gasteiger charge is 2.26. The highest BCUT2D eigenvalue weighted by molar-refractivity contribution is 6.33. The lowest BCUT2D eigenvalue weighted by molar-refractivity contribution is -0.122. The number of halogens is 1. The summed E-state index contributed by atoms with van der Waals surface area (Å²) in [6.07, 6.45) is 15.4. The predicted octanol–water partition coefficient (Wildman–Crippen LogP) is 9.82. The molecule has 0 bridgehead atoms. The van der Waals surface area contributed by atoms with Gasteiger partial charge in [0.05, 0.1) is 0 Å². The van der Waals surface area contributed by atoms with E-state index >= 15 is 0 Å². The van der Waals surface area contributed by atoms with E-state index in [-0.39, 0.29) is 11.8 Å². The van der Waals surface area contributed by atoms with Gasteiger partial charge in [0.15, 0.2) is 0 Å². The molecule has 0 spiro atoms. The lowest BCUT2D eigenvalue weighted by atomic mass is 9.86. The molecule has 4 aromatic rings. The Morgan fingerprint density at radius 1 is 0.902 bits per heavy atom. The molecule has 2 fully saturated rings. The number of carbonyl (C=O) groups is 1. The van der Waals surface area contributed by atoms with Crippen molar-refractivity contribution in [2.45, 2.75) is 96.1 Å². The first-order chi connectivity index (χ1) is 20.0. The van der Waals surface area contributed by atoms with Gasteiger partial charge < -0.3 is 9.88 Å². The molecule has 0 saturated heterocycles. The van der Waals surface area contributed by atoms with Crippen LogP contribution in [0.25, 0.3) is 22.0 Å². The Morgan fingerprint density at radius 3 is 2.41 bits per heavy atom. The van der Waals surface area contributed by atoms with Crippen LogP contribution < -0.4 is 5.32 Å². The quantitative estimate of drug-likeness (QED) is 0.226. The molecule has 1 atom stereocenters. The molecule has 0 radical (unpaired) electrons. The minimum absolute atomic E-state index is 0.0184. The lowest BCUT2D eigenvalue weighted by Gasteiger charge is -2.24. The number of aryl methyl sites for hydroxylation is 1. The molecule has 3 nitrogen and oxygen atoms in total. The summed E-state index contributed by atoms with van der Waals surface area (Å²) in [7, 11) is 0. The molecule has 2 aliphatic rings. The van der Waals surface area contributed by atoms with E-state index in [0.29, 0.717) is 18.4 Å². The van der Waals surface area contributed by atoms with Crippen LogP contribution in [-0.4, -0.2) is 16.5 Å². The van der Waals surface area contributed by atoms with Gasteiger partial charge in [-0.25, -0.2) is 0 Å². The van der Waals surface area contributed by atoms with E-state index in [9.17, 15) is 4.79 Å². The first kappa shape index (κ1) is 28.1. The number of carbonyl (C=O) groups excluding carboxylic acids is 1. The minimum Gasteiger partial charge on any atom is -0.353 e. The third kappa shape index (κ3) is 6.56. The minimum atomic E-state index is -0.0184. The number of rotatable bonds is 8. The van der Waals surface area contributed by atoms with Crippen molar-refractivity contribution in [3.8, 4) is 11.1 Å². The number of benzene rings is 3. The molecule has 214 valence electrons. The number of hydrogen-bond acceptors (Lipinski definition) is 1. The number of nitrogens with one attached hydrogen (secondary N) is 1. The van der Waals surface area contributed by atoms with Crippen LogP contribution in [0.15, 0.2) is 72.9 Å². The van der Waals surface area contributed by atoms with Gasteiger partial charge in [-0.1, -0.05) is 104 Å². The van der Waals surface area contributed by atoms with Gasteiger partial charge in [-0.05, 0) is 73.4 Å². The number of hydrogen-bond donors (Lipinski definition) is 1. The summed E-state index contributed by atoms with van der Waals surface area (Å²) < 4.78 is 2.48. The molecule has 4 heteroatoms. The van der Waals surface area contributed by atoms with Gasteiger partial charge in [-0.3, -0.25) is 4.79 Å². The van der Waals surface area contributed by atoms with E-state index < -0.39 is 0 Å². The topological polar surface area (TPSA) is 34.0 Å². The lowest BCUT2D eigenvalue weighted by Crippen LogP contribution is -2.36. The fourth-order valence-corrected chi connectivity index (χ4v) is 7.52. The van der Waals surface area contributed by atoms with Crippen molar-refractivity contribution in [2.24, 2.45) is 5.92 Å². The monoisotopic (exact) mass is 566 g/mol. The molecule has 1 amide bonds. The molecule has 0 aliphatic heterocycles. The van der Waals surface area contributed by atoms with Crippen LogP contribution in [0.3, 0.4) is 0 Å². The van der Waals surface area contributed by atoms with Gasteiger partial charge in [0.25, 0.3) is 0 Å². The van der Waals surface area contributed by atoms with Crippen molar-refractivity contribution in [2.75, 3.05) is 0 Å².